The molecular formula is C16H23ClN2O4S. The molecule has 1 aliphatic rings. The Morgan fingerprint density at radius 1 is 1.42 bits per heavy atom. The van der Waals surface area contributed by atoms with E-state index in [-0.39, 0.29) is 29.3 Å². The third-order valence-electron chi connectivity index (χ3n) is 4.01. The Labute approximate surface area is 148 Å². The number of carbonyl (C=O) groups is 1. The molecule has 1 aromatic carbocycles. The molecule has 1 N–H and O–H groups in total. The second-order valence-electron chi connectivity index (χ2n) is 6.02. The van der Waals surface area contributed by atoms with E-state index >= 15 is 0 Å². The van der Waals surface area contributed by atoms with E-state index in [9.17, 15) is 13.2 Å². The molecule has 0 bridgehead atoms. The lowest BCUT2D eigenvalue weighted by Crippen LogP contribution is -2.47. The number of nitrogens with one attached hydrogen (secondary N) is 1. The van der Waals surface area contributed by atoms with Crippen molar-refractivity contribution in [2.75, 3.05) is 26.8 Å². The number of benzene rings is 1. The van der Waals surface area contributed by atoms with Crippen molar-refractivity contribution < 1.29 is 17.9 Å². The molecule has 1 aromatic rings. The summed E-state index contributed by atoms with van der Waals surface area (Å²) in [4.78, 5) is 12.5. The fourth-order valence-corrected chi connectivity index (χ4v) is 4.43. The summed E-state index contributed by atoms with van der Waals surface area (Å²) in [6.45, 7) is 2.89. The summed E-state index contributed by atoms with van der Waals surface area (Å²) in [5.41, 5.74) is 0. The molecule has 0 saturated carbocycles. The molecule has 1 saturated heterocycles. The van der Waals surface area contributed by atoms with Gasteiger partial charge < -0.3 is 10.1 Å². The minimum absolute atomic E-state index is 0.106. The molecule has 1 amide bonds. The Hall–Kier alpha value is -1.15. The summed E-state index contributed by atoms with van der Waals surface area (Å²) in [7, 11) is -2.04. The van der Waals surface area contributed by atoms with Crippen molar-refractivity contribution in [1.29, 1.82) is 0 Å². The summed E-state index contributed by atoms with van der Waals surface area (Å²) in [6, 6.07) is 5.97. The average molecular weight is 375 g/mol. The monoisotopic (exact) mass is 374 g/mol. The number of nitrogens with zero attached hydrogens (tertiary/aromatic N) is 1. The van der Waals surface area contributed by atoms with Gasteiger partial charge in [-0.3, -0.25) is 4.79 Å². The van der Waals surface area contributed by atoms with E-state index in [2.05, 4.69) is 5.32 Å². The first-order valence-corrected chi connectivity index (χ1v) is 9.71. The largest absolute Gasteiger partial charge is 0.383 e. The van der Waals surface area contributed by atoms with Crippen LogP contribution in [-0.2, 0) is 19.6 Å². The van der Waals surface area contributed by atoms with E-state index in [0.29, 0.717) is 31.0 Å². The van der Waals surface area contributed by atoms with Crippen molar-refractivity contribution in [1.82, 2.24) is 9.62 Å². The molecule has 2 rings (SSSR count). The van der Waals surface area contributed by atoms with E-state index in [1.165, 1.54) is 16.4 Å². The van der Waals surface area contributed by atoms with E-state index < -0.39 is 10.0 Å². The number of piperidine rings is 1. The molecule has 0 aliphatic carbocycles. The van der Waals surface area contributed by atoms with E-state index in [1.54, 1.807) is 19.2 Å². The van der Waals surface area contributed by atoms with Crippen LogP contribution in [0.15, 0.2) is 29.2 Å². The fraction of sp³-hybridized carbons (Fsp3) is 0.562. The molecule has 0 radical (unpaired) electrons. The zero-order valence-corrected chi connectivity index (χ0v) is 15.4. The van der Waals surface area contributed by atoms with E-state index in [1.807, 2.05) is 6.92 Å². The third-order valence-corrected chi connectivity index (χ3v) is 6.14. The first-order chi connectivity index (χ1) is 11.3. The van der Waals surface area contributed by atoms with E-state index in [4.69, 9.17) is 16.3 Å². The Balaban J connectivity index is 2.07. The van der Waals surface area contributed by atoms with Crippen LogP contribution in [0.25, 0.3) is 0 Å². The van der Waals surface area contributed by atoms with Crippen LogP contribution in [0.3, 0.4) is 0 Å². The molecule has 1 aliphatic heterocycles. The highest BCUT2D eigenvalue weighted by atomic mass is 35.5. The molecule has 134 valence electrons. The first kappa shape index (κ1) is 19.2. The maximum Gasteiger partial charge on any atom is 0.243 e. The van der Waals surface area contributed by atoms with Gasteiger partial charge in [-0.15, -0.1) is 0 Å². The number of hydrogen-bond donors (Lipinski definition) is 1. The summed E-state index contributed by atoms with van der Waals surface area (Å²) in [5, 5.41) is 3.35. The van der Waals surface area contributed by atoms with Crippen molar-refractivity contribution in [3.05, 3.63) is 29.3 Å². The lowest BCUT2D eigenvalue weighted by molar-refractivity contribution is -0.127. The van der Waals surface area contributed by atoms with Crippen LogP contribution in [0.2, 0.25) is 5.02 Å². The van der Waals surface area contributed by atoms with Gasteiger partial charge in [0.05, 0.1) is 17.4 Å². The van der Waals surface area contributed by atoms with Crippen molar-refractivity contribution in [2.24, 2.45) is 5.92 Å². The Morgan fingerprint density at radius 3 is 2.71 bits per heavy atom. The number of rotatable bonds is 6. The van der Waals surface area contributed by atoms with Crippen LogP contribution in [0.5, 0.6) is 0 Å². The standard InChI is InChI=1S/C16H23ClN2O4S/c1-12(11-23-2)18-16(20)13-4-3-9-19(10-13)24(21,22)15-7-5-14(17)6-8-15/h5-8,12-13H,3-4,9-11H2,1-2H3,(H,18,20)/t12-,13-/m0/s1. The summed E-state index contributed by atoms with van der Waals surface area (Å²) < 4.78 is 31.8. The van der Waals surface area contributed by atoms with E-state index in [0.717, 1.165) is 0 Å². The molecule has 0 unspecified atom stereocenters. The highest BCUT2D eigenvalue weighted by Crippen LogP contribution is 2.24. The molecule has 24 heavy (non-hydrogen) atoms. The van der Waals surface area contributed by atoms with Crippen LogP contribution >= 0.6 is 11.6 Å². The summed E-state index contributed by atoms with van der Waals surface area (Å²) in [5.74, 6) is -0.476. The summed E-state index contributed by atoms with van der Waals surface area (Å²) >= 11 is 5.81. The second kappa shape index (κ2) is 8.29. The Morgan fingerprint density at radius 2 is 2.08 bits per heavy atom. The molecule has 1 heterocycles. The van der Waals surface area contributed by atoms with Gasteiger partial charge >= 0.3 is 0 Å². The molecule has 2 atom stereocenters. The van der Waals surface area contributed by atoms with Crippen LogP contribution < -0.4 is 5.32 Å². The van der Waals surface area contributed by atoms with Gasteiger partial charge in [-0.25, -0.2) is 8.42 Å². The zero-order valence-electron chi connectivity index (χ0n) is 13.9. The smallest absolute Gasteiger partial charge is 0.243 e. The first-order valence-electron chi connectivity index (χ1n) is 7.89. The van der Waals surface area contributed by atoms with Crippen molar-refractivity contribution in [2.45, 2.75) is 30.7 Å². The lowest BCUT2D eigenvalue weighted by Gasteiger charge is -2.31. The minimum Gasteiger partial charge on any atom is -0.383 e. The molecule has 0 spiro atoms. The van der Waals surface area contributed by atoms with Crippen molar-refractivity contribution in [3.63, 3.8) is 0 Å². The molecule has 1 fully saturated rings. The number of sulfonamides is 1. The predicted molar refractivity (Wildman–Crippen MR) is 92.4 cm³/mol. The molecular weight excluding hydrogens is 352 g/mol. The van der Waals surface area contributed by atoms with Gasteiger partial charge in [-0.05, 0) is 44.0 Å². The van der Waals surface area contributed by atoms with Crippen LogP contribution in [-0.4, -0.2) is 51.5 Å². The van der Waals surface area contributed by atoms with Crippen molar-refractivity contribution >= 4 is 27.5 Å². The van der Waals surface area contributed by atoms with Crippen LogP contribution in [0, 0.1) is 5.92 Å². The Bertz CT molecular complexity index is 663. The number of amides is 1. The summed E-state index contributed by atoms with van der Waals surface area (Å²) in [6.07, 6.45) is 1.34. The Kier molecular flexibility index (Phi) is 6.62. The maximum atomic E-state index is 12.7. The quantitative estimate of drug-likeness (QED) is 0.825. The van der Waals surface area contributed by atoms with Gasteiger partial charge in [-0.2, -0.15) is 4.31 Å². The topological polar surface area (TPSA) is 75.7 Å². The van der Waals surface area contributed by atoms with Crippen LogP contribution in [0.4, 0.5) is 0 Å². The number of hydrogen-bond acceptors (Lipinski definition) is 4. The van der Waals surface area contributed by atoms with Gasteiger partial charge in [0.1, 0.15) is 0 Å². The molecule has 6 nitrogen and oxygen atoms in total. The highest BCUT2D eigenvalue weighted by molar-refractivity contribution is 7.89. The number of methoxy groups -OCH3 is 1. The van der Waals surface area contributed by atoms with Crippen molar-refractivity contribution in [3.8, 4) is 0 Å². The van der Waals surface area contributed by atoms with Gasteiger partial charge in [0.25, 0.3) is 0 Å². The lowest BCUT2D eigenvalue weighted by atomic mass is 9.98. The highest BCUT2D eigenvalue weighted by Gasteiger charge is 2.33. The van der Waals surface area contributed by atoms with Crippen LogP contribution in [0.1, 0.15) is 19.8 Å². The molecule has 8 heteroatoms. The maximum absolute atomic E-state index is 12.7. The average Bonchev–Trinajstić information content (AvgIpc) is 2.55. The van der Waals surface area contributed by atoms with Gasteiger partial charge in [0.2, 0.25) is 15.9 Å². The molecule has 0 aromatic heterocycles. The minimum atomic E-state index is -3.61. The normalized spacial score (nSPS) is 20.5. The SMILES string of the molecule is COC[C@H](C)NC(=O)[C@H]1CCCN(S(=O)(=O)c2ccc(Cl)cc2)C1. The fourth-order valence-electron chi connectivity index (χ4n) is 2.78. The van der Waals surface area contributed by atoms with Gasteiger partial charge in [0, 0.05) is 31.3 Å². The number of ether oxygens (including phenoxy) is 1. The number of carbonyl (C=O) groups excluding carboxylic acids is 1. The predicted octanol–water partition coefficient (Wildman–Crippen LogP) is 1.89. The van der Waals surface area contributed by atoms with Gasteiger partial charge in [0.15, 0.2) is 0 Å². The number of halogens is 1. The third kappa shape index (κ3) is 4.69. The van der Waals surface area contributed by atoms with Gasteiger partial charge in [-0.1, -0.05) is 11.6 Å². The second-order valence-corrected chi connectivity index (χ2v) is 8.40. The zero-order chi connectivity index (χ0) is 17.7.